The van der Waals surface area contributed by atoms with E-state index in [4.69, 9.17) is 17.3 Å². The molecule has 0 aliphatic heterocycles. The van der Waals surface area contributed by atoms with Crippen molar-refractivity contribution in [3.63, 3.8) is 0 Å². The third-order valence-electron chi connectivity index (χ3n) is 1.90. The molecule has 0 spiro atoms. The summed E-state index contributed by atoms with van der Waals surface area (Å²) in [5.74, 6) is 0.0626. The molecule has 2 N–H and O–H groups in total. The molecule has 0 bridgehead atoms. The molecule has 0 aliphatic carbocycles. The molecule has 68 valence electrons. The maximum Gasteiger partial charge on any atom is 0.133 e. The molecular weight excluding hydrogens is 209 g/mol. The standard InChI is InChI=1S/C9H7ClFNS/c10-4-7-9(12)8-5(11)2-1-3-6(8)13-7/h1-3H,4,12H2. The topological polar surface area (TPSA) is 26.0 Å². The second kappa shape index (κ2) is 3.16. The first-order valence-electron chi connectivity index (χ1n) is 3.75. The molecule has 0 aliphatic rings. The highest BCUT2D eigenvalue weighted by atomic mass is 35.5. The van der Waals surface area contributed by atoms with Crippen LogP contribution in [-0.2, 0) is 5.88 Å². The third kappa shape index (κ3) is 1.28. The van der Waals surface area contributed by atoms with Crippen LogP contribution in [-0.4, -0.2) is 0 Å². The van der Waals surface area contributed by atoms with Gasteiger partial charge >= 0.3 is 0 Å². The van der Waals surface area contributed by atoms with E-state index in [1.807, 2.05) is 6.07 Å². The number of hydrogen-bond donors (Lipinski definition) is 1. The van der Waals surface area contributed by atoms with Crippen LogP contribution in [0.25, 0.3) is 10.1 Å². The molecule has 1 heterocycles. The first-order chi connectivity index (χ1) is 6.24. The van der Waals surface area contributed by atoms with Gasteiger partial charge < -0.3 is 5.73 Å². The number of nitrogens with two attached hydrogens (primary N) is 1. The van der Waals surface area contributed by atoms with Gasteiger partial charge in [-0.3, -0.25) is 0 Å². The van der Waals surface area contributed by atoms with Crippen molar-refractivity contribution in [2.24, 2.45) is 0 Å². The molecule has 1 aromatic heterocycles. The van der Waals surface area contributed by atoms with E-state index in [1.54, 1.807) is 6.07 Å². The third-order valence-corrected chi connectivity index (χ3v) is 3.50. The average Bonchev–Trinajstić information content (AvgIpc) is 2.44. The Bertz CT molecular complexity index is 452. The van der Waals surface area contributed by atoms with Crippen molar-refractivity contribution < 1.29 is 4.39 Å². The maximum absolute atomic E-state index is 13.3. The summed E-state index contributed by atoms with van der Waals surface area (Å²) in [6.07, 6.45) is 0. The Balaban J connectivity index is 2.85. The molecule has 0 unspecified atom stereocenters. The van der Waals surface area contributed by atoms with E-state index in [1.165, 1.54) is 17.4 Å². The van der Waals surface area contributed by atoms with E-state index in [-0.39, 0.29) is 5.82 Å². The van der Waals surface area contributed by atoms with E-state index >= 15 is 0 Å². The average molecular weight is 216 g/mol. The Morgan fingerprint density at radius 1 is 1.46 bits per heavy atom. The molecule has 0 amide bonds. The number of nitrogen functional groups attached to an aromatic ring is 1. The molecule has 0 atom stereocenters. The molecule has 4 heteroatoms. The zero-order chi connectivity index (χ0) is 9.42. The Hall–Kier alpha value is -0.800. The van der Waals surface area contributed by atoms with Crippen molar-refractivity contribution >= 4 is 38.7 Å². The summed E-state index contributed by atoms with van der Waals surface area (Å²) in [5.41, 5.74) is 6.22. The second-order valence-electron chi connectivity index (χ2n) is 2.69. The predicted molar refractivity (Wildman–Crippen MR) is 55.8 cm³/mol. The summed E-state index contributed by atoms with van der Waals surface area (Å²) < 4.78 is 14.1. The van der Waals surface area contributed by atoms with Crippen molar-refractivity contribution in [1.29, 1.82) is 0 Å². The lowest BCUT2D eigenvalue weighted by molar-refractivity contribution is 0.640. The lowest BCUT2D eigenvalue weighted by Crippen LogP contribution is -1.87. The van der Waals surface area contributed by atoms with Gasteiger partial charge in [0.1, 0.15) is 5.82 Å². The van der Waals surface area contributed by atoms with Gasteiger partial charge in [-0.05, 0) is 12.1 Å². The van der Waals surface area contributed by atoms with Gasteiger partial charge in [-0.15, -0.1) is 22.9 Å². The first-order valence-corrected chi connectivity index (χ1v) is 5.10. The molecule has 0 saturated heterocycles. The highest BCUT2D eigenvalue weighted by Gasteiger charge is 2.11. The van der Waals surface area contributed by atoms with Crippen LogP contribution in [0, 0.1) is 5.82 Å². The summed E-state index contributed by atoms with van der Waals surface area (Å²) >= 11 is 7.11. The van der Waals surface area contributed by atoms with Gasteiger partial charge in [-0.2, -0.15) is 0 Å². The molecule has 0 radical (unpaired) electrons. The molecule has 1 aromatic carbocycles. The Labute approximate surface area is 83.9 Å². The number of halogens is 2. The van der Waals surface area contributed by atoms with Crippen molar-refractivity contribution in [3.8, 4) is 0 Å². The quantitative estimate of drug-likeness (QED) is 0.726. The predicted octanol–water partition coefficient (Wildman–Crippen LogP) is 3.36. The Morgan fingerprint density at radius 3 is 2.85 bits per heavy atom. The number of hydrogen-bond acceptors (Lipinski definition) is 2. The summed E-state index contributed by atoms with van der Waals surface area (Å²) in [5, 5.41) is 0.503. The molecule has 2 rings (SSSR count). The molecule has 0 saturated carbocycles. The van der Waals surface area contributed by atoms with Crippen LogP contribution in [0.2, 0.25) is 0 Å². The maximum atomic E-state index is 13.3. The molecule has 2 aromatic rings. The van der Waals surface area contributed by atoms with Gasteiger partial charge in [0.25, 0.3) is 0 Å². The second-order valence-corrected chi connectivity index (χ2v) is 4.09. The molecular formula is C9H7ClFNS. The molecule has 13 heavy (non-hydrogen) atoms. The number of benzene rings is 1. The van der Waals surface area contributed by atoms with Gasteiger partial charge in [0, 0.05) is 9.58 Å². The van der Waals surface area contributed by atoms with E-state index in [9.17, 15) is 4.39 Å². The Kier molecular flexibility index (Phi) is 2.14. The van der Waals surface area contributed by atoms with Crippen LogP contribution < -0.4 is 5.73 Å². The fourth-order valence-corrected chi connectivity index (χ4v) is 2.57. The summed E-state index contributed by atoms with van der Waals surface area (Å²) in [7, 11) is 0. The fraction of sp³-hybridized carbons (Fsp3) is 0.111. The fourth-order valence-electron chi connectivity index (χ4n) is 1.28. The summed E-state index contributed by atoms with van der Waals surface area (Å²) in [6, 6.07) is 4.92. The van der Waals surface area contributed by atoms with Crippen LogP contribution in [0.5, 0.6) is 0 Å². The van der Waals surface area contributed by atoms with E-state index in [0.29, 0.717) is 17.0 Å². The first kappa shape index (κ1) is 8.78. The Morgan fingerprint density at radius 2 is 2.23 bits per heavy atom. The zero-order valence-corrected chi connectivity index (χ0v) is 8.25. The number of thiophene rings is 1. The normalized spacial score (nSPS) is 10.9. The van der Waals surface area contributed by atoms with Crippen LogP contribution in [0.15, 0.2) is 18.2 Å². The minimum atomic E-state index is -0.275. The van der Waals surface area contributed by atoms with Gasteiger partial charge in [0.2, 0.25) is 0 Å². The number of anilines is 1. The van der Waals surface area contributed by atoms with Gasteiger partial charge in [0.15, 0.2) is 0 Å². The van der Waals surface area contributed by atoms with Gasteiger partial charge in [-0.1, -0.05) is 6.07 Å². The van der Waals surface area contributed by atoms with Gasteiger partial charge in [-0.25, -0.2) is 4.39 Å². The zero-order valence-electron chi connectivity index (χ0n) is 6.68. The minimum absolute atomic E-state index is 0.275. The van der Waals surface area contributed by atoms with Crippen molar-refractivity contribution in [2.75, 3.05) is 5.73 Å². The lowest BCUT2D eigenvalue weighted by atomic mass is 10.2. The summed E-state index contributed by atoms with van der Waals surface area (Å²) in [4.78, 5) is 0.835. The smallest absolute Gasteiger partial charge is 0.133 e. The lowest BCUT2D eigenvalue weighted by Gasteiger charge is -1.93. The minimum Gasteiger partial charge on any atom is -0.397 e. The van der Waals surface area contributed by atoms with Crippen molar-refractivity contribution in [2.45, 2.75) is 5.88 Å². The van der Waals surface area contributed by atoms with Crippen LogP contribution in [0.1, 0.15) is 4.88 Å². The van der Waals surface area contributed by atoms with Crippen molar-refractivity contribution in [3.05, 3.63) is 28.9 Å². The van der Waals surface area contributed by atoms with Crippen LogP contribution in [0.4, 0.5) is 10.1 Å². The summed E-state index contributed by atoms with van der Waals surface area (Å²) in [6.45, 7) is 0. The van der Waals surface area contributed by atoms with Crippen molar-refractivity contribution in [1.82, 2.24) is 0 Å². The molecule has 0 fully saturated rings. The number of rotatable bonds is 1. The number of alkyl halides is 1. The molecule has 1 nitrogen and oxygen atoms in total. The van der Waals surface area contributed by atoms with E-state index in [0.717, 1.165) is 9.58 Å². The van der Waals surface area contributed by atoms with E-state index < -0.39 is 0 Å². The van der Waals surface area contributed by atoms with E-state index in [2.05, 4.69) is 0 Å². The number of fused-ring (bicyclic) bond motifs is 1. The van der Waals surface area contributed by atoms with Crippen LogP contribution >= 0.6 is 22.9 Å². The highest BCUT2D eigenvalue weighted by Crippen LogP contribution is 2.35. The van der Waals surface area contributed by atoms with Crippen LogP contribution in [0.3, 0.4) is 0 Å². The van der Waals surface area contributed by atoms with Gasteiger partial charge in [0.05, 0.1) is 17.0 Å². The highest BCUT2D eigenvalue weighted by molar-refractivity contribution is 7.20. The monoisotopic (exact) mass is 215 g/mol. The largest absolute Gasteiger partial charge is 0.397 e. The SMILES string of the molecule is Nc1c(CCl)sc2cccc(F)c12.